The van der Waals surface area contributed by atoms with E-state index in [2.05, 4.69) is 4.90 Å². The molecule has 178 valence electrons. The first-order valence-corrected chi connectivity index (χ1v) is 11.5. The van der Waals surface area contributed by atoms with E-state index in [0.717, 1.165) is 22.7 Å². The van der Waals surface area contributed by atoms with Crippen LogP contribution in [0.15, 0.2) is 77.4 Å². The quantitative estimate of drug-likeness (QED) is 0.325. The highest BCUT2D eigenvalue weighted by atomic mass is 16.5. The monoisotopic (exact) mass is 461 g/mol. The molecule has 0 aliphatic carbocycles. The van der Waals surface area contributed by atoms with Crippen molar-refractivity contribution in [3.63, 3.8) is 0 Å². The first kappa shape index (κ1) is 23.6. The minimum Gasteiger partial charge on any atom is -0.493 e. The van der Waals surface area contributed by atoms with E-state index in [1.54, 1.807) is 13.4 Å². The highest BCUT2D eigenvalue weighted by molar-refractivity contribution is 5.47. The molecule has 34 heavy (non-hydrogen) atoms. The summed E-state index contributed by atoms with van der Waals surface area (Å²) in [5, 5.41) is 15.2. The Morgan fingerprint density at radius 1 is 1.00 bits per heavy atom. The third-order valence-corrected chi connectivity index (χ3v) is 5.70. The summed E-state index contributed by atoms with van der Waals surface area (Å²) in [5.74, 6) is 2.70. The Morgan fingerprint density at radius 3 is 2.41 bits per heavy atom. The molecule has 1 unspecified atom stereocenters. The molecule has 7 heteroatoms. The molecule has 7 nitrogen and oxygen atoms in total. The number of furan rings is 1. The van der Waals surface area contributed by atoms with Crippen LogP contribution >= 0.6 is 0 Å². The summed E-state index contributed by atoms with van der Waals surface area (Å²) in [6.45, 7) is 5.55. The van der Waals surface area contributed by atoms with Gasteiger partial charge in [-0.2, -0.15) is 5.10 Å². The molecule has 0 saturated carbocycles. The minimum absolute atomic E-state index is 0.446. The number of aliphatic hydroxyl groups excluding tert-OH is 1. The highest BCUT2D eigenvalue weighted by Gasteiger charge is 2.23. The molecule has 2 aromatic heterocycles. The van der Waals surface area contributed by atoms with Gasteiger partial charge in [0.25, 0.3) is 0 Å². The van der Waals surface area contributed by atoms with Crippen LogP contribution in [0.4, 0.5) is 0 Å². The lowest BCUT2D eigenvalue weighted by Crippen LogP contribution is -2.31. The number of rotatable bonds is 11. The van der Waals surface area contributed by atoms with E-state index < -0.39 is 6.10 Å². The number of aryl methyl sites for hydroxylation is 1. The van der Waals surface area contributed by atoms with Crippen LogP contribution in [-0.2, 0) is 13.1 Å². The summed E-state index contributed by atoms with van der Waals surface area (Å²) >= 11 is 0. The van der Waals surface area contributed by atoms with Gasteiger partial charge in [-0.1, -0.05) is 37.3 Å². The van der Waals surface area contributed by atoms with E-state index in [9.17, 15) is 5.11 Å². The average Bonchev–Trinajstić information content (AvgIpc) is 3.48. The second-order valence-electron chi connectivity index (χ2n) is 8.18. The fourth-order valence-electron chi connectivity index (χ4n) is 3.84. The largest absolute Gasteiger partial charge is 0.493 e. The molecule has 2 aromatic carbocycles. The Hall–Kier alpha value is -3.55. The van der Waals surface area contributed by atoms with E-state index in [-0.39, 0.29) is 0 Å². The summed E-state index contributed by atoms with van der Waals surface area (Å²) in [4.78, 5) is 2.15. The van der Waals surface area contributed by atoms with E-state index in [4.69, 9.17) is 19.0 Å². The molecule has 2 heterocycles. The summed E-state index contributed by atoms with van der Waals surface area (Å²) in [6, 6.07) is 21.3. The summed E-state index contributed by atoms with van der Waals surface area (Å²) < 4.78 is 19.4. The van der Waals surface area contributed by atoms with Crippen LogP contribution in [0, 0.1) is 6.92 Å². The molecule has 1 atom stereocenters. The average molecular weight is 462 g/mol. The van der Waals surface area contributed by atoms with Gasteiger partial charge in [0.15, 0.2) is 11.5 Å². The maximum Gasteiger partial charge on any atom is 0.227 e. The summed E-state index contributed by atoms with van der Waals surface area (Å²) in [5.41, 5.74) is 2.68. The lowest BCUT2D eigenvalue weighted by molar-refractivity contribution is 0.0968. The topological polar surface area (TPSA) is 72.9 Å². The third-order valence-electron chi connectivity index (χ3n) is 5.70. The lowest BCUT2D eigenvalue weighted by Gasteiger charge is -2.24. The van der Waals surface area contributed by atoms with E-state index in [1.165, 1.54) is 0 Å². The molecule has 0 aliphatic heterocycles. The second kappa shape index (κ2) is 11.0. The Morgan fingerprint density at radius 2 is 1.74 bits per heavy atom. The summed E-state index contributed by atoms with van der Waals surface area (Å²) in [6.07, 6.45) is 1.89. The van der Waals surface area contributed by atoms with Crippen molar-refractivity contribution in [3.05, 3.63) is 90.0 Å². The Labute approximate surface area is 200 Å². The van der Waals surface area contributed by atoms with Crippen molar-refractivity contribution in [1.82, 2.24) is 14.7 Å². The van der Waals surface area contributed by atoms with E-state index in [0.29, 0.717) is 43.4 Å². The van der Waals surface area contributed by atoms with Crippen molar-refractivity contribution in [2.75, 3.05) is 13.7 Å². The van der Waals surface area contributed by atoms with Crippen molar-refractivity contribution in [2.45, 2.75) is 39.5 Å². The molecular formula is C27H31N3O4. The molecule has 0 amide bonds. The molecule has 0 fully saturated rings. The highest BCUT2D eigenvalue weighted by Crippen LogP contribution is 2.36. The van der Waals surface area contributed by atoms with Gasteiger partial charge in [0.1, 0.15) is 5.76 Å². The second-order valence-corrected chi connectivity index (χ2v) is 8.18. The zero-order chi connectivity index (χ0) is 23.9. The fraction of sp³-hybridized carbons (Fsp3) is 0.296. The van der Waals surface area contributed by atoms with Crippen LogP contribution in [0.5, 0.6) is 17.4 Å². The zero-order valence-electron chi connectivity index (χ0n) is 19.8. The van der Waals surface area contributed by atoms with Crippen LogP contribution in [0.3, 0.4) is 0 Å². The molecule has 0 aliphatic rings. The number of hydrogen-bond acceptors (Lipinski definition) is 6. The lowest BCUT2D eigenvalue weighted by atomic mass is 10.2. The molecule has 4 aromatic rings. The van der Waals surface area contributed by atoms with Crippen molar-refractivity contribution in [2.24, 2.45) is 0 Å². The Balaban J connectivity index is 1.74. The maximum absolute atomic E-state index is 10.4. The number of ether oxygens (including phenoxy) is 2. The van der Waals surface area contributed by atoms with Gasteiger partial charge in [0.2, 0.25) is 5.88 Å². The number of benzene rings is 2. The van der Waals surface area contributed by atoms with Gasteiger partial charge in [-0.15, -0.1) is 0 Å². The maximum atomic E-state index is 10.4. The van der Waals surface area contributed by atoms with Crippen molar-refractivity contribution in [3.8, 4) is 23.1 Å². The third kappa shape index (κ3) is 5.50. The van der Waals surface area contributed by atoms with E-state index in [1.807, 2.05) is 85.3 Å². The molecule has 0 radical (unpaired) electrons. The van der Waals surface area contributed by atoms with Crippen LogP contribution in [-0.4, -0.2) is 39.5 Å². The molecule has 4 rings (SSSR count). The number of methoxy groups -OCH3 is 1. The van der Waals surface area contributed by atoms with Gasteiger partial charge in [-0.3, -0.25) is 4.90 Å². The van der Waals surface area contributed by atoms with Crippen LogP contribution < -0.4 is 9.47 Å². The number of nitrogens with zero attached hydrogens (tertiary/aromatic N) is 3. The molecule has 0 saturated heterocycles. The predicted octanol–water partition coefficient (Wildman–Crippen LogP) is 5.35. The standard InChI is InChI=1S/C27H31N3O4/c1-4-22(31)17-29(18-23-13-10-16-33-23)19-24-20(2)28-30(21-11-6-5-7-12-21)27(24)34-26-15-9-8-14-25(26)32-3/h5-16,22,31H,4,17-19H2,1-3H3. The predicted molar refractivity (Wildman–Crippen MR) is 130 cm³/mol. The Kier molecular flexibility index (Phi) is 7.67. The van der Waals surface area contributed by atoms with Gasteiger partial charge in [0.05, 0.1) is 43.0 Å². The van der Waals surface area contributed by atoms with Crippen molar-refractivity contribution in [1.29, 1.82) is 0 Å². The van der Waals surface area contributed by atoms with Crippen LogP contribution in [0.1, 0.15) is 30.4 Å². The van der Waals surface area contributed by atoms with Gasteiger partial charge < -0.3 is 19.0 Å². The van der Waals surface area contributed by atoms with E-state index >= 15 is 0 Å². The van der Waals surface area contributed by atoms with Gasteiger partial charge >= 0.3 is 0 Å². The Bertz CT molecular complexity index is 1170. The van der Waals surface area contributed by atoms with Crippen LogP contribution in [0.2, 0.25) is 0 Å². The van der Waals surface area contributed by atoms with Gasteiger partial charge in [0, 0.05) is 13.1 Å². The minimum atomic E-state index is -0.446. The number of aliphatic hydroxyl groups is 1. The number of para-hydroxylation sites is 3. The first-order chi connectivity index (χ1) is 16.6. The molecule has 0 spiro atoms. The van der Waals surface area contributed by atoms with Gasteiger partial charge in [-0.05, 0) is 49.7 Å². The number of aromatic nitrogens is 2. The number of hydrogen-bond donors (Lipinski definition) is 1. The van der Waals surface area contributed by atoms with Crippen molar-refractivity contribution >= 4 is 0 Å². The first-order valence-electron chi connectivity index (χ1n) is 11.5. The molecule has 1 N–H and O–H groups in total. The fourth-order valence-corrected chi connectivity index (χ4v) is 3.84. The smallest absolute Gasteiger partial charge is 0.227 e. The zero-order valence-corrected chi connectivity index (χ0v) is 19.8. The SMILES string of the molecule is CCC(O)CN(Cc1ccco1)Cc1c(C)nn(-c2ccccc2)c1Oc1ccccc1OC. The molecule has 0 bridgehead atoms. The summed E-state index contributed by atoms with van der Waals surface area (Å²) in [7, 11) is 1.63. The van der Waals surface area contributed by atoms with Gasteiger partial charge in [-0.25, -0.2) is 4.68 Å². The van der Waals surface area contributed by atoms with Crippen LogP contribution in [0.25, 0.3) is 5.69 Å². The normalized spacial score (nSPS) is 12.1. The van der Waals surface area contributed by atoms with Crippen molar-refractivity contribution < 1.29 is 19.0 Å². The molecular weight excluding hydrogens is 430 g/mol.